The Kier molecular flexibility index (Phi) is 1550. The van der Waals surface area contributed by atoms with E-state index in [0.29, 0.717) is 0 Å². The average Bonchev–Trinajstić information content (AvgIpc) is 1.46. The maximum Gasteiger partial charge on any atom is 0.204 e. The molecule has 0 aromatic carbocycles. The standard InChI is InChI=1S/CH3NO.N2/c2-1-3;1-2/h1H,(H2,2,3);. The van der Waals surface area contributed by atoms with Gasteiger partial charge in [-0.3, -0.25) is 4.79 Å². The van der Waals surface area contributed by atoms with Gasteiger partial charge in [-0.2, -0.15) is 0 Å². The molecule has 0 unspecified atom stereocenters. The Labute approximate surface area is 29.0 Å². The molecule has 0 bridgehead atoms. The van der Waals surface area contributed by atoms with Crippen molar-refractivity contribution in [1.29, 1.82) is 10.8 Å². The molecule has 0 aliphatic carbocycles. The summed E-state index contributed by atoms with van der Waals surface area (Å²) < 4.78 is 0. The first-order valence-corrected chi connectivity index (χ1v) is 0.769. The minimum absolute atomic E-state index is 0.250. The summed E-state index contributed by atoms with van der Waals surface area (Å²) in [6.07, 6.45) is 0.250. The van der Waals surface area contributed by atoms with Crippen LogP contribution in [0.1, 0.15) is 0 Å². The highest BCUT2D eigenvalue weighted by molar-refractivity contribution is 5.42. The molecule has 0 rings (SSSR count). The monoisotopic (exact) mass is 73.0 g/mol. The molecule has 1 amide bonds. The van der Waals surface area contributed by atoms with Crippen molar-refractivity contribution in [2.75, 3.05) is 0 Å². The van der Waals surface area contributed by atoms with Gasteiger partial charge in [-0.15, -0.1) is 0 Å². The van der Waals surface area contributed by atoms with Gasteiger partial charge in [-0.25, -0.2) is 0 Å². The summed E-state index contributed by atoms with van der Waals surface area (Å²) in [5, 5.41) is 12.0. The molecular formula is CH3N3O. The fraction of sp³-hybridized carbons (Fsp3) is 0. The third-order valence-electron chi connectivity index (χ3n) is 0. The van der Waals surface area contributed by atoms with Gasteiger partial charge in [0.1, 0.15) is 0 Å². The fourth-order valence-electron chi connectivity index (χ4n) is 0. The van der Waals surface area contributed by atoms with Crippen molar-refractivity contribution in [2.45, 2.75) is 0 Å². The summed E-state index contributed by atoms with van der Waals surface area (Å²) in [6.45, 7) is 0. The zero-order valence-electron chi connectivity index (χ0n) is 2.46. The minimum Gasteiger partial charge on any atom is -0.372 e. The third kappa shape index (κ3) is 1.86. The second kappa shape index (κ2) is 853. The van der Waals surface area contributed by atoms with E-state index in [4.69, 9.17) is 15.6 Å². The summed E-state index contributed by atoms with van der Waals surface area (Å²) >= 11 is 0. The van der Waals surface area contributed by atoms with E-state index in [1.54, 1.807) is 0 Å². The van der Waals surface area contributed by atoms with Crippen LogP contribution in [0.15, 0.2) is 0 Å². The Morgan fingerprint density at radius 2 is 1.60 bits per heavy atom. The zero-order valence-corrected chi connectivity index (χ0v) is 2.46. The van der Waals surface area contributed by atoms with Gasteiger partial charge in [0, 0.05) is 10.8 Å². The highest BCUT2D eigenvalue weighted by Crippen LogP contribution is 0.798. The molecule has 0 saturated heterocycles. The van der Waals surface area contributed by atoms with E-state index in [1.807, 2.05) is 0 Å². The summed E-state index contributed by atoms with van der Waals surface area (Å²) in [7, 11) is 0. The highest BCUT2D eigenvalue weighted by atomic mass is 16.1. The van der Waals surface area contributed by atoms with Crippen LogP contribution < -0.4 is 5.73 Å². The van der Waals surface area contributed by atoms with Crippen LogP contribution in [0.2, 0.25) is 0 Å². The molecule has 0 aromatic rings. The molecule has 0 saturated carbocycles. The molecule has 0 fully saturated rings. The van der Waals surface area contributed by atoms with E-state index in [-0.39, 0.29) is 6.41 Å². The van der Waals surface area contributed by atoms with Gasteiger partial charge in [-0.05, 0) is 0 Å². The Morgan fingerprint density at radius 1 is 1.60 bits per heavy atom. The lowest BCUT2D eigenvalue weighted by Crippen LogP contribution is -1.82. The van der Waals surface area contributed by atoms with Crippen LogP contribution in [0.3, 0.4) is 0 Å². The van der Waals surface area contributed by atoms with Gasteiger partial charge < -0.3 is 5.73 Å². The first-order chi connectivity index (χ1) is 2.41. The van der Waals surface area contributed by atoms with E-state index >= 15 is 0 Å². The normalized spacial score (nSPS) is 2.80. The lowest BCUT2D eigenvalue weighted by Gasteiger charge is -1.32. The first kappa shape index (κ1) is 9.10. The molecule has 0 heterocycles. The van der Waals surface area contributed by atoms with Crippen LogP contribution in [0.25, 0.3) is 0 Å². The van der Waals surface area contributed by atoms with Crippen molar-refractivity contribution in [3.8, 4) is 0 Å². The SMILES string of the molecule is N#N.NC=O. The largest absolute Gasteiger partial charge is 0.372 e. The van der Waals surface area contributed by atoms with Crippen LogP contribution in [0.4, 0.5) is 0 Å². The number of amides is 1. The van der Waals surface area contributed by atoms with Crippen LogP contribution in [-0.2, 0) is 4.79 Å². The van der Waals surface area contributed by atoms with Crippen LogP contribution >= 0.6 is 0 Å². The van der Waals surface area contributed by atoms with Crippen molar-refractivity contribution < 1.29 is 4.79 Å². The van der Waals surface area contributed by atoms with Crippen LogP contribution in [0.5, 0.6) is 0 Å². The van der Waals surface area contributed by atoms with Gasteiger partial charge in [-0.1, -0.05) is 0 Å². The molecule has 0 radical (unpaired) electrons. The smallest absolute Gasteiger partial charge is 0.204 e. The predicted octanol–water partition coefficient (Wildman–Crippen LogP) is -0.868. The minimum atomic E-state index is 0.250. The third-order valence-corrected chi connectivity index (χ3v) is 0. The van der Waals surface area contributed by atoms with Gasteiger partial charge >= 0.3 is 0 Å². The Bertz CT molecular complexity index is 31.1. The van der Waals surface area contributed by atoms with Gasteiger partial charge in [0.05, 0.1) is 0 Å². The second-order valence-electron chi connectivity index (χ2n) is 0.136. The van der Waals surface area contributed by atoms with Gasteiger partial charge in [0.15, 0.2) is 0 Å². The Morgan fingerprint density at radius 3 is 1.60 bits per heavy atom. The molecular weight excluding hydrogens is 70.0 g/mol. The molecule has 0 spiro atoms. The molecule has 2 N–H and O–H groups in total. The molecule has 0 aliphatic rings. The summed E-state index contributed by atoms with van der Waals surface area (Å²) in [4.78, 5) is 8.58. The summed E-state index contributed by atoms with van der Waals surface area (Å²) in [6, 6.07) is 0. The predicted molar refractivity (Wildman–Crippen MR) is 13.7 cm³/mol. The lowest BCUT2D eigenvalue weighted by molar-refractivity contribution is -0.106. The van der Waals surface area contributed by atoms with Crippen molar-refractivity contribution in [3.63, 3.8) is 0 Å². The van der Waals surface area contributed by atoms with Gasteiger partial charge in [0.2, 0.25) is 6.41 Å². The van der Waals surface area contributed by atoms with E-state index < -0.39 is 0 Å². The maximum absolute atomic E-state index is 8.58. The number of nitrogens with zero attached hydrogens (tertiary/aromatic N) is 2. The van der Waals surface area contributed by atoms with Crippen molar-refractivity contribution in [1.82, 2.24) is 0 Å². The summed E-state index contributed by atoms with van der Waals surface area (Å²) in [5.41, 5.74) is 4.17. The number of carbonyl (C=O) groups is 1. The zero-order chi connectivity index (χ0) is 4.71. The molecule has 0 atom stereocenters. The Balaban J connectivity index is 0. The van der Waals surface area contributed by atoms with E-state index in [2.05, 4.69) is 5.73 Å². The van der Waals surface area contributed by atoms with E-state index in [0.717, 1.165) is 0 Å². The quantitative estimate of drug-likeness (QED) is 0.298. The molecule has 0 aromatic heterocycles. The first-order valence-electron chi connectivity index (χ1n) is 0.769. The number of primary amides is 1. The molecule has 4 nitrogen and oxygen atoms in total. The lowest BCUT2D eigenvalue weighted by atomic mass is 11.5. The van der Waals surface area contributed by atoms with Crippen LogP contribution in [-0.4, -0.2) is 6.41 Å². The molecule has 28 valence electrons. The highest BCUT2D eigenvalue weighted by Gasteiger charge is 1.19. The number of hydrogen-bond donors (Lipinski definition) is 1. The van der Waals surface area contributed by atoms with E-state index in [1.165, 1.54) is 0 Å². The molecule has 4 heteroatoms. The number of rotatable bonds is 0. The molecule has 5 heavy (non-hydrogen) atoms. The van der Waals surface area contributed by atoms with Crippen LogP contribution in [0, 0.1) is 10.8 Å². The number of nitrogens with two attached hydrogens (primary N) is 1. The van der Waals surface area contributed by atoms with Gasteiger partial charge in [0.25, 0.3) is 0 Å². The number of hydrogen-bond acceptors (Lipinski definition) is 3. The molecule has 0 aliphatic heterocycles. The van der Waals surface area contributed by atoms with Crippen molar-refractivity contribution >= 4 is 6.41 Å². The summed E-state index contributed by atoms with van der Waals surface area (Å²) in [5.74, 6) is 0. The second-order valence-corrected chi connectivity index (χ2v) is 0.136. The van der Waals surface area contributed by atoms with Crippen molar-refractivity contribution in [3.05, 3.63) is 0 Å². The fourth-order valence-corrected chi connectivity index (χ4v) is 0. The maximum atomic E-state index is 8.58. The topological polar surface area (TPSA) is 90.7 Å². The van der Waals surface area contributed by atoms with Crippen molar-refractivity contribution in [2.24, 2.45) is 5.73 Å². The average molecular weight is 73.1 g/mol. The number of carbonyl (C=O) groups excluding carboxylic acids is 1. The van der Waals surface area contributed by atoms with E-state index in [9.17, 15) is 0 Å². The Hall–Kier alpha value is -1.11.